The Kier molecular flexibility index (Phi) is 7.45. The minimum absolute atomic E-state index is 0.0968. The second-order valence-corrected chi connectivity index (χ2v) is 10.5. The molecule has 0 bridgehead atoms. The zero-order valence-corrected chi connectivity index (χ0v) is 22.1. The molecule has 0 spiro atoms. The summed E-state index contributed by atoms with van der Waals surface area (Å²) >= 11 is 0. The average molecular weight is 510 g/mol. The number of piperidine rings is 1. The van der Waals surface area contributed by atoms with E-state index in [-0.39, 0.29) is 38.5 Å². The van der Waals surface area contributed by atoms with Crippen LogP contribution < -0.4 is 5.32 Å². The summed E-state index contributed by atoms with van der Waals surface area (Å²) in [5.74, 6) is -0.507. The van der Waals surface area contributed by atoms with E-state index in [2.05, 4.69) is 17.4 Å². The molecule has 0 unspecified atom stereocenters. The van der Waals surface area contributed by atoms with Gasteiger partial charge in [0.15, 0.2) is 0 Å². The molecule has 0 saturated carbocycles. The fourth-order valence-electron chi connectivity index (χ4n) is 5.00. The number of hydrogen-bond donors (Lipinski definition) is 1. The maximum Gasteiger partial charge on any atom is 0.410 e. The van der Waals surface area contributed by atoms with Crippen molar-refractivity contribution in [2.75, 3.05) is 33.9 Å². The lowest BCUT2D eigenvalue weighted by Gasteiger charge is -2.42. The highest BCUT2D eigenvalue weighted by Crippen LogP contribution is 2.44. The second-order valence-electron chi connectivity index (χ2n) is 10.5. The lowest BCUT2D eigenvalue weighted by atomic mass is 9.86. The van der Waals surface area contributed by atoms with Crippen molar-refractivity contribution in [2.24, 2.45) is 0 Å². The zero-order chi connectivity index (χ0) is 26.8. The van der Waals surface area contributed by atoms with Crippen molar-refractivity contribution in [3.8, 4) is 11.1 Å². The van der Waals surface area contributed by atoms with Crippen LogP contribution >= 0.6 is 0 Å². The van der Waals surface area contributed by atoms with Gasteiger partial charge < -0.3 is 19.7 Å². The Bertz CT molecular complexity index is 1120. The predicted octanol–water partition coefficient (Wildman–Crippen LogP) is 4.31. The van der Waals surface area contributed by atoms with Gasteiger partial charge in [-0.3, -0.25) is 9.63 Å². The predicted molar refractivity (Wildman–Crippen MR) is 138 cm³/mol. The molecule has 1 aliphatic heterocycles. The second kappa shape index (κ2) is 10.4. The Morgan fingerprint density at radius 1 is 1.00 bits per heavy atom. The summed E-state index contributed by atoms with van der Waals surface area (Å²) in [6.45, 7) is 6.01. The molecule has 1 aliphatic carbocycles. The lowest BCUT2D eigenvalue weighted by Crippen LogP contribution is -2.64. The van der Waals surface area contributed by atoms with E-state index < -0.39 is 29.2 Å². The molecule has 1 N–H and O–H groups in total. The molecular weight excluding hydrogens is 474 g/mol. The van der Waals surface area contributed by atoms with Gasteiger partial charge in [0.1, 0.15) is 17.7 Å². The summed E-state index contributed by atoms with van der Waals surface area (Å²) in [6.07, 6.45) is -0.744. The molecular formula is C28H35N3O6. The van der Waals surface area contributed by atoms with Gasteiger partial charge in [-0.15, -0.1) is 0 Å². The summed E-state index contributed by atoms with van der Waals surface area (Å²) < 4.78 is 11.2. The number of ether oxygens (including phenoxy) is 2. The molecule has 0 radical (unpaired) electrons. The Balaban J connectivity index is 1.46. The summed E-state index contributed by atoms with van der Waals surface area (Å²) in [4.78, 5) is 45.5. The van der Waals surface area contributed by atoms with Crippen LogP contribution in [0.3, 0.4) is 0 Å². The Morgan fingerprint density at radius 3 is 2.05 bits per heavy atom. The van der Waals surface area contributed by atoms with Gasteiger partial charge in [-0.2, -0.15) is 0 Å². The lowest BCUT2D eigenvalue weighted by molar-refractivity contribution is -0.178. The van der Waals surface area contributed by atoms with E-state index >= 15 is 0 Å². The number of rotatable bonds is 5. The van der Waals surface area contributed by atoms with Crippen LogP contribution in [0.15, 0.2) is 48.5 Å². The molecule has 1 fully saturated rings. The first kappa shape index (κ1) is 26.5. The highest BCUT2D eigenvalue weighted by atomic mass is 16.7. The topological polar surface area (TPSA) is 97.4 Å². The third kappa shape index (κ3) is 5.56. The van der Waals surface area contributed by atoms with E-state index in [4.69, 9.17) is 14.3 Å². The van der Waals surface area contributed by atoms with Crippen LogP contribution in [0.5, 0.6) is 0 Å². The molecule has 9 heteroatoms. The van der Waals surface area contributed by atoms with E-state index in [0.717, 1.165) is 27.3 Å². The molecule has 2 aliphatic rings. The number of nitrogens with one attached hydrogen (secondary N) is 1. The molecule has 0 aromatic heterocycles. The Hall–Kier alpha value is -3.59. The van der Waals surface area contributed by atoms with Crippen LogP contribution in [0, 0.1) is 0 Å². The number of likely N-dealkylation sites (tertiary alicyclic amines) is 1. The quantitative estimate of drug-likeness (QED) is 0.603. The number of carbonyl (C=O) groups is 3. The highest BCUT2D eigenvalue weighted by molar-refractivity contribution is 5.89. The van der Waals surface area contributed by atoms with Crippen LogP contribution in [-0.4, -0.2) is 73.1 Å². The van der Waals surface area contributed by atoms with E-state index in [1.165, 1.54) is 14.2 Å². The number of benzene rings is 2. The van der Waals surface area contributed by atoms with Crippen LogP contribution in [0.25, 0.3) is 11.1 Å². The summed E-state index contributed by atoms with van der Waals surface area (Å²) in [7, 11) is 2.87. The Labute approximate surface area is 217 Å². The number of hydrogen-bond acceptors (Lipinski definition) is 6. The van der Waals surface area contributed by atoms with Crippen LogP contribution in [0.2, 0.25) is 0 Å². The molecule has 37 heavy (non-hydrogen) atoms. The number of likely N-dealkylation sites (N-methyl/N-ethyl adjacent to an activating group) is 1. The van der Waals surface area contributed by atoms with Gasteiger partial charge in [-0.05, 0) is 55.9 Å². The number of carbonyl (C=O) groups excluding carboxylic acids is 3. The number of amides is 3. The van der Waals surface area contributed by atoms with Gasteiger partial charge in [0.05, 0.1) is 7.11 Å². The molecule has 2 aromatic carbocycles. The molecule has 1 saturated heterocycles. The number of alkyl carbamates (subject to hydrolysis) is 1. The Morgan fingerprint density at radius 2 is 1.54 bits per heavy atom. The molecule has 9 nitrogen and oxygen atoms in total. The standard InChI is InChI=1S/C28H35N3O6/c1-27(2,3)37-26(34)31-16-14-28(15-17-31,24(32)30(4)35-5)29-25(33)36-18-23-21-12-8-6-10-19(21)20-11-7-9-13-22(20)23/h6-13,23H,14-18H2,1-5H3,(H,29,33). The number of nitrogens with zero attached hydrogens (tertiary/aromatic N) is 2. The first-order valence-corrected chi connectivity index (χ1v) is 12.5. The molecule has 198 valence electrons. The van der Waals surface area contributed by atoms with E-state index in [1.54, 1.807) is 25.7 Å². The van der Waals surface area contributed by atoms with Crippen molar-refractivity contribution >= 4 is 18.1 Å². The van der Waals surface area contributed by atoms with E-state index in [1.807, 2.05) is 36.4 Å². The highest BCUT2D eigenvalue weighted by Gasteiger charge is 2.46. The minimum Gasteiger partial charge on any atom is -0.449 e. The largest absolute Gasteiger partial charge is 0.449 e. The molecule has 3 amide bonds. The van der Waals surface area contributed by atoms with Gasteiger partial charge >= 0.3 is 12.2 Å². The van der Waals surface area contributed by atoms with Gasteiger partial charge in [-0.25, -0.2) is 14.7 Å². The molecule has 0 atom stereocenters. The minimum atomic E-state index is -1.27. The van der Waals surface area contributed by atoms with Crippen molar-refractivity contribution in [3.05, 3.63) is 59.7 Å². The van der Waals surface area contributed by atoms with Crippen molar-refractivity contribution < 1.29 is 28.7 Å². The maximum absolute atomic E-state index is 13.3. The SMILES string of the molecule is CON(C)C(=O)C1(NC(=O)OCC2c3ccccc3-c3ccccc32)CCN(C(=O)OC(C)(C)C)CC1. The summed E-state index contributed by atoms with van der Waals surface area (Å²) in [5, 5.41) is 3.91. The van der Waals surface area contributed by atoms with Crippen LogP contribution in [0.4, 0.5) is 9.59 Å². The monoisotopic (exact) mass is 509 g/mol. The zero-order valence-electron chi connectivity index (χ0n) is 22.1. The van der Waals surface area contributed by atoms with Gasteiger partial charge in [0, 0.05) is 26.1 Å². The van der Waals surface area contributed by atoms with E-state index in [0.29, 0.717) is 0 Å². The first-order valence-electron chi connectivity index (χ1n) is 12.5. The molecule has 1 heterocycles. The fourth-order valence-corrected chi connectivity index (χ4v) is 5.00. The van der Waals surface area contributed by atoms with Gasteiger partial charge in [-0.1, -0.05) is 48.5 Å². The van der Waals surface area contributed by atoms with Crippen molar-refractivity contribution in [2.45, 2.75) is 50.7 Å². The van der Waals surface area contributed by atoms with E-state index in [9.17, 15) is 14.4 Å². The summed E-state index contributed by atoms with van der Waals surface area (Å²) in [6, 6.07) is 16.2. The molecule has 2 aromatic rings. The average Bonchev–Trinajstić information content (AvgIpc) is 3.19. The smallest absolute Gasteiger partial charge is 0.410 e. The summed E-state index contributed by atoms with van der Waals surface area (Å²) in [5.41, 5.74) is 2.58. The molecule has 4 rings (SSSR count). The maximum atomic E-state index is 13.3. The van der Waals surface area contributed by atoms with Crippen molar-refractivity contribution in [1.82, 2.24) is 15.3 Å². The van der Waals surface area contributed by atoms with Gasteiger partial charge in [0.2, 0.25) is 0 Å². The van der Waals surface area contributed by atoms with Crippen LogP contribution in [0.1, 0.15) is 50.7 Å². The third-order valence-electron chi connectivity index (χ3n) is 6.92. The third-order valence-corrected chi connectivity index (χ3v) is 6.92. The number of hydroxylamine groups is 2. The normalized spacial score (nSPS) is 16.4. The van der Waals surface area contributed by atoms with Crippen molar-refractivity contribution in [1.29, 1.82) is 0 Å². The number of fused-ring (bicyclic) bond motifs is 3. The first-order chi connectivity index (χ1) is 17.5. The fraction of sp³-hybridized carbons (Fsp3) is 0.464. The van der Waals surface area contributed by atoms with Gasteiger partial charge in [0.25, 0.3) is 5.91 Å². The van der Waals surface area contributed by atoms with Crippen molar-refractivity contribution in [3.63, 3.8) is 0 Å². The van der Waals surface area contributed by atoms with Crippen LogP contribution in [-0.2, 0) is 19.1 Å².